The molecule has 0 spiro atoms. The number of nitrogens with two attached hydrogens (primary N) is 1. The Kier molecular flexibility index (Phi) is 6.63. The lowest BCUT2D eigenvalue weighted by Gasteiger charge is -2.27. The molecule has 0 amide bonds. The van der Waals surface area contributed by atoms with E-state index in [1.54, 1.807) is 7.11 Å². The van der Waals surface area contributed by atoms with Gasteiger partial charge in [0, 0.05) is 26.2 Å². The van der Waals surface area contributed by atoms with Crippen LogP contribution in [0.5, 0.6) is 0 Å². The molecule has 2 N–H and O–H groups in total. The Balaban J connectivity index is 2.94. The fraction of sp³-hybridized carbons (Fsp3) is 0.600. The summed E-state index contributed by atoms with van der Waals surface area (Å²) in [4.78, 5) is 2.27. The van der Waals surface area contributed by atoms with Gasteiger partial charge in [-0.3, -0.25) is 0 Å². The summed E-state index contributed by atoms with van der Waals surface area (Å²) in [6.07, 6.45) is 0. The Bertz CT molecular complexity index is 394. The lowest BCUT2D eigenvalue weighted by atomic mass is 10.1. The zero-order chi connectivity index (χ0) is 14.4. The SMILES string of the molecule is COCCN(CC(C)C)c1ccc(C(C)N)cc1Cl. The number of methoxy groups -OCH3 is 1. The summed E-state index contributed by atoms with van der Waals surface area (Å²) >= 11 is 6.39. The standard InChI is InChI=1S/C15H25ClN2O/c1-11(2)10-18(7-8-19-4)15-6-5-13(12(3)17)9-14(15)16/h5-6,9,11-12H,7-8,10,17H2,1-4H3. The normalized spacial score (nSPS) is 12.8. The zero-order valence-corrected chi connectivity index (χ0v) is 13.1. The van der Waals surface area contributed by atoms with Gasteiger partial charge in [0.05, 0.1) is 17.3 Å². The first-order chi connectivity index (χ1) is 8.95. The molecule has 1 rings (SSSR count). The van der Waals surface area contributed by atoms with Gasteiger partial charge in [0.1, 0.15) is 0 Å². The van der Waals surface area contributed by atoms with Gasteiger partial charge < -0.3 is 15.4 Å². The molecular weight excluding hydrogens is 260 g/mol. The molecule has 0 aliphatic heterocycles. The number of ether oxygens (including phenoxy) is 1. The molecule has 0 heterocycles. The minimum Gasteiger partial charge on any atom is -0.383 e. The van der Waals surface area contributed by atoms with Gasteiger partial charge >= 0.3 is 0 Å². The summed E-state index contributed by atoms with van der Waals surface area (Å²) < 4.78 is 5.17. The fourth-order valence-corrected chi connectivity index (χ4v) is 2.32. The van der Waals surface area contributed by atoms with Crippen LogP contribution in [0.1, 0.15) is 32.4 Å². The molecule has 4 heteroatoms. The van der Waals surface area contributed by atoms with Gasteiger partial charge in [-0.05, 0) is 30.5 Å². The van der Waals surface area contributed by atoms with Gasteiger partial charge in [0.25, 0.3) is 0 Å². The third-order valence-electron chi connectivity index (χ3n) is 2.99. The van der Waals surface area contributed by atoms with Crippen molar-refractivity contribution in [3.63, 3.8) is 0 Å². The van der Waals surface area contributed by atoms with Crippen LogP contribution in [0.3, 0.4) is 0 Å². The minimum absolute atomic E-state index is 0.00377. The van der Waals surface area contributed by atoms with Crippen molar-refractivity contribution in [1.82, 2.24) is 0 Å². The van der Waals surface area contributed by atoms with Crippen molar-refractivity contribution in [3.8, 4) is 0 Å². The molecule has 3 nitrogen and oxygen atoms in total. The van der Waals surface area contributed by atoms with Crippen molar-refractivity contribution in [2.24, 2.45) is 11.7 Å². The van der Waals surface area contributed by atoms with Gasteiger partial charge in [0.15, 0.2) is 0 Å². The molecule has 0 fully saturated rings. The highest BCUT2D eigenvalue weighted by atomic mass is 35.5. The summed E-state index contributed by atoms with van der Waals surface area (Å²) in [7, 11) is 1.72. The first kappa shape index (κ1) is 16.3. The fourth-order valence-electron chi connectivity index (χ4n) is 2.02. The maximum absolute atomic E-state index is 6.39. The molecule has 0 saturated carbocycles. The van der Waals surface area contributed by atoms with Crippen molar-refractivity contribution in [3.05, 3.63) is 28.8 Å². The van der Waals surface area contributed by atoms with E-state index in [2.05, 4.69) is 24.8 Å². The van der Waals surface area contributed by atoms with E-state index < -0.39 is 0 Å². The maximum atomic E-state index is 6.39. The predicted octanol–water partition coefficient (Wildman–Crippen LogP) is 3.47. The third kappa shape index (κ3) is 5.01. The van der Waals surface area contributed by atoms with Crippen LogP contribution in [0, 0.1) is 5.92 Å². The molecule has 0 saturated heterocycles. The van der Waals surface area contributed by atoms with E-state index in [9.17, 15) is 0 Å². The molecule has 19 heavy (non-hydrogen) atoms. The number of halogens is 1. The first-order valence-corrected chi connectivity index (χ1v) is 7.12. The molecule has 1 aromatic rings. The van der Waals surface area contributed by atoms with E-state index in [-0.39, 0.29) is 6.04 Å². The number of anilines is 1. The predicted molar refractivity (Wildman–Crippen MR) is 83.0 cm³/mol. The number of benzene rings is 1. The molecule has 1 atom stereocenters. The van der Waals surface area contributed by atoms with Crippen molar-refractivity contribution >= 4 is 17.3 Å². The van der Waals surface area contributed by atoms with Crippen LogP contribution < -0.4 is 10.6 Å². The highest BCUT2D eigenvalue weighted by Gasteiger charge is 2.13. The summed E-state index contributed by atoms with van der Waals surface area (Å²) in [6.45, 7) is 8.85. The van der Waals surface area contributed by atoms with Gasteiger partial charge in [-0.25, -0.2) is 0 Å². The van der Waals surface area contributed by atoms with Crippen LogP contribution in [0.4, 0.5) is 5.69 Å². The van der Waals surface area contributed by atoms with Gasteiger partial charge in [-0.2, -0.15) is 0 Å². The second-order valence-electron chi connectivity index (χ2n) is 5.33. The molecular formula is C15H25ClN2O. The van der Waals surface area contributed by atoms with Crippen LogP contribution in [0.15, 0.2) is 18.2 Å². The molecule has 0 aliphatic rings. The largest absolute Gasteiger partial charge is 0.383 e. The van der Waals surface area contributed by atoms with Crippen molar-refractivity contribution in [1.29, 1.82) is 0 Å². The molecule has 1 unspecified atom stereocenters. The number of hydrogen-bond acceptors (Lipinski definition) is 3. The van der Waals surface area contributed by atoms with Gasteiger partial charge in [-0.1, -0.05) is 31.5 Å². The minimum atomic E-state index is 0.00377. The van der Waals surface area contributed by atoms with E-state index in [1.807, 2.05) is 19.1 Å². The van der Waals surface area contributed by atoms with E-state index in [1.165, 1.54) is 0 Å². The molecule has 108 valence electrons. The van der Waals surface area contributed by atoms with Crippen LogP contribution in [-0.4, -0.2) is 26.8 Å². The highest BCUT2D eigenvalue weighted by Crippen LogP contribution is 2.29. The lowest BCUT2D eigenvalue weighted by Crippen LogP contribution is -2.31. The van der Waals surface area contributed by atoms with E-state index in [0.717, 1.165) is 29.4 Å². The first-order valence-electron chi connectivity index (χ1n) is 6.74. The average Bonchev–Trinajstić information content (AvgIpc) is 2.34. The molecule has 0 bridgehead atoms. The van der Waals surface area contributed by atoms with Crippen molar-refractivity contribution < 1.29 is 4.74 Å². The van der Waals surface area contributed by atoms with E-state index in [4.69, 9.17) is 22.1 Å². The second kappa shape index (κ2) is 7.73. The maximum Gasteiger partial charge on any atom is 0.0642 e. The van der Waals surface area contributed by atoms with Crippen molar-refractivity contribution in [2.45, 2.75) is 26.8 Å². The third-order valence-corrected chi connectivity index (χ3v) is 3.29. The average molecular weight is 285 g/mol. The van der Waals surface area contributed by atoms with E-state index >= 15 is 0 Å². The Hall–Kier alpha value is -0.770. The smallest absolute Gasteiger partial charge is 0.0642 e. The summed E-state index contributed by atoms with van der Waals surface area (Å²) in [5.74, 6) is 0.570. The topological polar surface area (TPSA) is 38.5 Å². The molecule has 1 aromatic carbocycles. The van der Waals surface area contributed by atoms with Crippen LogP contribution in [-0.2, 0) is 4.74 Å². The zero-order valence-electron chi connectivity index (χ0n) is 12.3. The molecule has 0 radical (unpaired) electrons. The van der Waals surface area contributed by atoms with Crippen molar-refractivity contribution in [2.75, 3.05) is 31.7 Å². The Morgan fingerprint density at radius 3 is 2.47 bits per heavy atom. The number of hydrogen-bond donors (Lipinski definition) is 1. The number of nitrogens with zero attached hydrogens (tertiary/aromatic N) is 1. The molecule has 0 aromatic heterocycles. The van der Waals surface area contributed by atoms with Gasteiger partial charge in [-0.15, -0.1) is 0 Å². The van der Waals surface area contributed by atoms with Crippen LogP contribution >= 0.6 is 11.6 Å². The quantitative estimate of drug-likeness (QED) is 0.833. The second-order valence-corrected chi connectivity index (χ2v) is 5.74. The van der Waals surface area contributed by atoms with Crippen LogP contribution in [0.2, 0.25) is 5.02 Å². The van der Waals surface area contributed by atoms with Gasteiger partial charge in [0.2, 0.25) is 0 Å². The monoisotopic (exact) mass is 284 g/mol. The summed E-state index contributed by atoms with van der Waals surface area (Å²) in [5.41, 5.74) is 7.99. The Morgan fingerprint density at radius 1 is 1.32 bits per heavy atom. The Morgan fingerprint density at radius 2 is 2.00 bits per heavy atom. The van der Waals surface area contributed by atoms with E-state index in [0.29, 0.717) is 12.5 Å². The number of rotatable bonds is 7. The van der Waals surface area contributed by atoms with Crippen LogP contribution in [0.25, 0.3) is 0 Å². The Labute approximate surface area is 121 Å². The highest BCUT2D eigenvalue weighted by molar-refractivity contribution is 6.33. The lowest BCUT2D eigenvalue weighted by molar-refractivity contribution is 0.204. The summed E-state index contributed by atoms with van der Waals surface area (Å²) in [6, 6.07) is 6.07. The summed E-state index contributed by atoms with van der Waals surface area (Å²) in [5, 5.41) is 0.756. The molecule has 0 aliphatic carbocycles.